The molecule has 11 heteroatoms. The van der Waals surface area contributed by atoms with Crippen LogP contribution in [0.1, 0.15) is 43.9 Å². The number of carbonyl (C=O) groups is 1. The number of nitrogens with zero attached hydrogens (tertiary/aromatic N) is 6. The van der Waals surface area contributed by atoms with Crippen molar-refractivity contribution in [1.82, 2.24) is 19.5 Å². The molecule has 8 nitrogen and oxygen atoms in total. The first-order chi connectivity index (χ1) is 16.1. The van der Waals surface area contributed by atoms with Crippen LogP contribution in [0.15, 0.2) is 36.9 Å². The molecular weight excluding hydrogens is 449 g/mol. The van der Waals surface area contributed by atoms with E-state index in [2.05, 4.69) is 27.9 Å². The third kappa shape index (κ3) is 3.93. The number of benzene rings is 1. The number of halogens is 3. The lowest BCUT2D eigenvalue weighted by Crippen LogP contribution is -2.45. The summed E-state index contributed by atoms with van der Waals surface area (Å²) in [5.74, 6) is 0.0341. The molecule has 2 aromatic heterocycles. The Morgan fingerprint density at radius 3 is 2.74 bits per heavy atom. The van der Waals surface area contributed by atoms with Crippen LogP contribution in [0.25, 0.3) is 11.0 Å². The summed E-state index contributed by atoms with van der Waals surface area (Å²) in [5.41, 5.74) is 0.116. The van der Waals surface area contributed by atoms with Crippen LogP contribution in [0.2, 0.25) is 0 Å². The van der Waals surface area contributed by atoms with Gasteiger partial charge in [0.25, 0.3) is 0 Å². The molecule has 1 saturated carbocycles. The van der Waals surface area contributed by atoms with E-state index in [9.17, 15) is 23.2 Å². The molecule has 1 aliphatic carbocycles. The number of carbonyl (C=O) groups excluding carboxylic acids is 1. The second-order valence-corrected chi connectivity index (χ2v) is 9.42. The average Bonchev–Trinajstić information content (AvgIpc) is 3.32. The van der Waals surface area contributed by atoms with E-state index in [1.165, 1.54) is 4.90 Å². The van der Waals surface area contributed by atoms with E-state index in [0.29, 0.717) is 31.1 Å². The van der Waals surface area contributed by atoms with E-state index in [-0.39, 0.29) is 17.8 Å². The minimum Gasteiger partial charge on any atom is -0.441 e. The Morgan fingerprint density at radius 1 is 1.21 bits per heavy atom. The maximum Gasteiger partial charge on any atom is 0.434 e. The molecule has 2 fully saturated rings. The van der Waals surface area contributed by atoms with Crippen molar-refractivity contribution in [2.24, 2.45) is 5.41 Å². The minimum absolute atomic E-state index is 0.0341. The van der Waals surface area contributed by atoms with E-state index in [1.54, 1.807) is 12.4 Å². The quantitative estimate of drug-likeness (QED) is 0.551. The van der Waals surface area contributed by atoms with Crippen molar-refractivity contribution in [2.75, 3.05) is 11.4 Å². The molecule has 1 spiro atoms. The van der Waals surface area contributed by atoms with E-state index in [4.69, 9.17) is 4.74 Å². The van der Waals surface area contributed by atoms with E-state index < -0.39 is 23.6 Å². The lowest BCUT2D eigenvalue weighted by atomic mass is 9.68. The summed E-state index contributed by atoms with van der Waals surface area (Å²) in [6.07, 6.45) is 1.06. The first-order valence-electron chi connectivity index (χ1n) is 10.8. The van der Waals surface area contributed by atoms with E-state index in [1.807, 2.05) is 16.7 Å². The van der Waals surface area contributed by atoms with E-state index >= 15 is 0 Å². The fourth-order valence-electron chi connectivity index (χ4n) is 5.22. The van der Waals surface area contributed by atoms with Gasteiger partial charge < -0.3 is 9.30 Å². The number of imidazole rings is 1. The molecule has 0 N–H and O–H groups in total. The number of rotatable bonds is 3. The van der Waals surface area contributed by atoms with Crippen molar-refractivity contribution in [3.8, 4) is 6.07 Å². The van der Waals surface area contributed by atoms with Gasteiger partial charge in [0.1, 0.15) is 5.60 Å². The zero-order chi connectivity index (χ0) is 24.1. The maximum absolute atomic E-state index is 12.8. The maximum atomic E-state index is 12.8. The minimum atomic E-state index is -4.60. The Morgan fingerprint density at radius 2 is 2.03 bits per heavy atom. The fourth-order valence-corrected chi connectivity index (χ4v) is 5.22. The summed E-state index contributed by atoms with van der Waals surface area (Å²) < 4.78 is 46.3. The standard InChI is InChI=1S/C23H21F3N6O2/c1-21(12-31-14-30-16-4-3-15(8-27)7-17(16)31)5-2-6-22(11-21)13-32(20(33)34-22)19-10-28-18(9-29-19)23(24,25)26/h3-4,7,9-10,14H,2,5-6,11-13H2,1H3. The van der Waals surface area contributed by atoms with Crippen molar-refractivity contribution >= 4 is 22.9 Å². The van der Waals surface area contributed by atoms with Gasteiger partial charge in [-0.05, 0) is 49.3 Å². The third-order valence-electron chi connectivity index (χ3n) is 6.64. The van der Waals surface area contributed by atoms with Crippen LogP contribution in [-0.2, 0) is 17.5 Å². The largest absolute Gasteiger partial charge is 0.441 e. The van der Waals surface area contributed by atoms with Crippen LogP contribution in [0, 0.1) is 16.7 Å². The number of amides is 1. The smallest absolute Gasteiger partial charge is 0.434 e. The highest BCUT2D eigenvalue weighted by atomic mass is 19.4. The average molecular weight is 470 g/mol. The second-order valence-electron chi connectivity index (χ2n) is 9.42. The number of fused-ring (bicyclic) bond motifs is 1. The number of hydrogen-bond donors (Lipinski definition) is 0. The molecule has 176 valence electrons. The van der Waals surface area contributed by atoms with Gasteiger partial charge in [-0.3, -0.25) is 4.90 Å². The Balaban J connectivity index is 1.36. The molecule has 1 amide bonds. The molecule has 34 heavy (non-hydrogen) atoms. The number of ether oxygens (including phenoxy) is 1. The van der Waals surface area contributed by atoms with Crippen molar-refractivity contribution in [3.05, 3.63) is 48.2 Å². The first kappa shape index (κ1) is 22.1. The number of anilines is 1. The van der Waals surface area contributed by atoms with Gasteiger partial charge in [-0.2, -0.15) is 18.4 Å². The third-order valence-corrected chi connectivity index (χ3v) is 6.64. The Kier molecular flexibility index (Phi) is 5.00. The van der Waals surface area contributed by atoms with Crippen LogP contribution >= 0.6 is 0 Å². The van der Waals surface area contributed by atoms with Crippen LogP contribution < -0.4 is 4.90 Å². The number of nitriles is 1. The lowest BCUT2D eigenvalue weighted by Gasteiger charge is -2.43. The van der Waals surface area contributed by atoms with Gasteiger partial charge in [-0.1, -0.05) is 6.92 Å². The summed E-state index contributed by atoms with van der Waals surface area (Å²) in [4.78, 5) is 25.6. The summed E-state index contributed by atoms with van der Waals surface area (Å²) in [5, 5.41) is 9.24. The lowest BCUT2D eigenvalue weighted by molar-refractivity contribution is -0.141. The summed E-state index contributed by atoms with van der Waals surface area (Å²) in [6, 6.07) is 7.50. The van der Waals surface area contributed by atoms with Gasteiger partial charge in [-0.15, -0.1) is 0 Å². The van der Waals surface area contributed by atoms with Crippen LogP contribution in [0.3, 0.4) is 0 Å². The molecule has 5 rings (SSSR count). The molecule has 2 aliphatic rings. The van der Waals surface area contributed by atoms with E-state index in [0.717, 1.165) is 30.1 Å². The molecule has 1 aromatic carbocycles. The first-order valence-corrected chi connectivity index (χ1v) is 10.8. The summed E-state index contributed by atoms with van der Waals surface area (Å²) in [6.45, 7) is 2.95. The molecule has 3 aromatic rings. The molecule has 1 saturated heterocycles. The predicted molar refractivity (Wildman–Crippen MR) is 115 cm³/mol. The monoisotopic (exact) mass is 470 g/mol. The number of alkyl halides is 3. The summed E-state index contributed by atoms with van der Waals surface area (Å²) in [7, 11) is 0. The molecule has 0 radical (unpaired) electrons. The molecule has 0 bridgehead atoms. The Hall–Kier alpha value is -3.68. The normalized spacial score (nSPS) is 25.0. The van der Waals surface area contributed by atoms with Gasteiger partial charge >= 0.3 is 12.3 Å². The molecule has 1 aliphatic heterocycles. The molecule has 3 heterocycles. The highest BCUT2D eigenvalue weighted by Gasteiger charge is 2.52. The zero-order valence-electron chi connectivity index (χ0n) is 18.3. The van der Waals surface area contributed by atoms with Gasteiger partial charge in [0.15, 0.2) is 11.5 Å². The summed E-state index contributed by atoms with van der Waals surface area (Å²) >= 11 is 0. The van der Waals surface area contributed by atoms with Crippen LogP contribution in [-0.4, -0.2) is 37.8 Å². The van der Waals surface area contributed by atoms with Crippen molar-refractivity contribution in [3.63, 3.8) is 0 Å². The van der Waals surface area contributed by atoms with Crippen molar-refractivity contribution < 1.29 is 22.7 Å². The Labute approximate surface area is 193 Å². The number of hydrogen-bond acceptors (Lipinski definition) is 6. The molecular formula is C23H21F3N6O2. The fraction of sp³-hybridized carbons (Fsp3) is 0.435. The predicted octanol–water partition coefficient (Wildman–Crippen LogP) is 4.69. The highest BCUT2D eigenvalue weighted by molar-refractivity contribution is 5.89. The highest BCUT2D eigenvalue weighted by Crippen LogP contribution is 2.47. The van der Waals surface area contributed by atoms with Gasteiger partial charge in [0.2, 0.25) is 0 Å². The van der Waals surface area contributed by atoms with Gasteiger partial charge in [-0.25, -0.2) is 19.7 Å². The molecule has 2 atom stereocenters. The molecule has 2 unspecified atom stereocenters. The topological polar surface area (TPSA) is 96.9 Å². The van der Waals surface area contributed by atoms with Crippen LogP contribution in [0.5, 0.6) is 0 Å². The van der Waals surface area contributed by atoms with Crippen LogP contribution in [0.4, 0.5) is 23.8 Å². The Bertz CT molecular complexity index is 1300. The van der Waals surface area contributed by atoms with Crippen molar-refractivity contribution in [2.45, 2.75) is 50.9 Å². The second kappa shape index (κ2) is 7.68. The zero-order valence-corrected chi connectivity index (χ0v) is 18.3. The SMILES string of the molecule is CC1(Cn2cnc3ccc(C#N)cc32)CCCC2(CN(c3cnc(C(F)(F)F)cn3)C(=O)O2)C1. The van der Waals surface area contributed by atoms with Crippen molar-refractivity contribution in [1.29, 1.82) is 5.26 Å². The van der Waals surface area contributed by atoms with Gasteiger partial charge in [0, 0.05) is 6.54 Å². The number of aromatic nitrogens is 4. The van der Waals surface area contributed by atoms with Gasteiger partial charge in [0.05, 0.1) is 47.9 Å².